The number of aromatic nitrogens is 1. The van der Waals surface area contributed by atoms with Crippen LogP contribution >= 0.6 is 0 Å². The highest BCUT2D eigenvalue weighted by Crippen LogP contribution is 2.24. The van der Waals surface area contributed by atoms with Gasteiger partial charge in [-0.3, -0.25) is 9.78 Å². The molecule has 126 valence electrons. The lowest BCUT2D eigenvalue weighted by Gasteiger charge is -2.33. The maximum Gasteiger partial charge on any atom is 0.328 e. The number of carboxylic acid groups (broad SMARTS) is 1. The normalized spacial score (nSPS) is 17.9. The van der Waals surface area contributed by atoms with Crippen molar-refractivity contribution in [1.82, 2.24) is 9.88 Å². The van der Waals surface area contributed by atoms with Crippen molar-refractivity contribution in [2.24, 2.45) is 0 Å². The Hall–Kier alpha value is -2.47. The Balaban J connectivity index is 1.91. The fourth-order valence-corrected chi connectivity index (χ4v) is 3.19. The van der Waals surface area contributed by atoms with Gasteiger partial charge in [0.25, 0.3) is 0 Å². The van der Waals surface area contributed by atoms with Crippen molar-refractivity contribution in [3.8, 4) is 0 Å². The van der Waals surface area contributed by atoms with Gasteiger partial charge in [-0.25, -0.2) is 4.79 Å². The number of para-hydroxylation sites is 1. The van der Waals surface area contributed by atoms with E-state index < -0.39 is 12.0 Å². The first-order valence-corrected chi connectivity index (χ1v) is 7.94. The van der Waals surface area contributed by atoms with Crippen LogP contribution in [0.2, 0.25) is 0 Å². The van der Waals surface area contributed by atoms with Crippen LogP contribution in [-0.2, 0) is 20.7 Å². The Morgan fingerprint density at radius 3 is 2.83 bits per heavy atom. The van der Waals surface area contributed by atoms with E-state index >= 15 is 0 Å². The van der Waals surface area contributed by atoms with Gasteiger partial charge in [0.2, 0.25) is 5.91 Å². The number of hydrogen-bond donors (Lipinski definition) is 1. The molecule has 2 heterocycles. The number of hydrogen-bond acceptors (Lipinski definition) is 4. The fourth-order valence-electron chi connectivity index (χ4n) is 3.19. The third-order valence-corrected chi connectivity index (χ3v) is 4.55. The molecule has 3 rings (SSSR count). The number of nitrogens with zero attached hydrogens (tertiary/aromatic N) is 2. The second-order valence-electron chi connectivity index (χ2n) is 6.01. The molecular weight excluding hydrogens is 308 g/mol. The summed E-state index contributed by atoms with van der Waals surface area (Å²) in [5, 5.41) is 10.3. The van der Waals surface area contributed by atoms with Crippen molar-refractivity contribution in [2.75, 3.05) is 19.8 Å². The van der Waals surface area contributed by atoms with Crippen LogP contribution in [0, 0.1) is 13.8 Å². The zero-order valence-electron chi connectivity index (χ0n) is 13.8. The van der Waals surface area contributed by atoms with Crippen LogP contribution in [0.5, 0.6) is 0 Å². The molecule has 6 heteroatoms. The number of rotatable bonds is 3. The summed E-state index contributed by atoms with van der Waals surface area (Å²) >= 11 is 0. The minimum absolute atomic E-state index is 0.0367. The van der Waals surface area contributed by atoms with Gasteiger partial charge in [-0.05, 0) is 31.0 Å². The third-order valence-electron chi connectivity index (χ3n) is 4.55. The van der Waals surface area contributed by atoms with E-state index in [0.717, 1.165) is 27.7 Å². The number of pyridine rings is 1. The van der Waals surface area contributed by atoms with Gasteiger partial charge < -0.3 is 14.7 Å². The maximum atomic E-state index is 12.7. The minimum Gasteiger partial charge on any atom is -0.480 e. The molecule has 1 N–H and O–H groups in total. The van der Waals surface area contributed by atoms with E-state index in [9.17, 15) is 14.7 Å². The van der Waals surface area contributed by atoms with Crippen molar-refractivity contribution in [1.29, 1.82) is 0 Å². The largest absolute Gasteiger partial charge is 0.480 e. The number of fused-ring (bicyclic) bond motifs is 1. The lowest BCUT2D eigenvalue weighted by molar-refractivity contribution is -0.158. The van der Waals surface area contributed by atoms with Gasteiger partial charge in [0.1, 0.15) is 0 Å². The van der Waals surface area contributed by atoms with Crippen LogP contribution in [0.3, 0.4) is 0 Å². The molecule has 0 spiro atoms. The molecule has 0 bridgehead atoms. The van der Waals surface area contributed by atoms with Gasteiger partial charge in [-0.15, -0.1) is 0 Å². The summed E-state index contributed by atoms with van der Waals surface area (Å²) in [4.78, 5) is 30.0. The highest BCUT2D eigenvalue weighted by molar-refractivity contribution is 5.88. The molecule has 1 aromatic heterocycles. The molecule has 0 aliphatic carbocycles. The molecular formula is C18H20N2O4. The number of amides is 1. The Morgan fingerprint density at radius 1 is 1.33 bits per heavy atom. The molecule has 1 aliphatic rings. The average molecular weight is 328 g/mol. The van der Waals surface area contributed by atoms with Crippen LogP contribution in [-0.4, -0.2) is 52.7 Å². The van der Waals surface area contributed by atoms with Crippen molar-refractivity contribution < 1.29 is 19.4 Å². The van der Waals surface area contributed by atoms with Crippen LogP contribution in [0.4, 0.5) is 0 Å². The molecule has 1 saturated heterocycles. The highest BCUT2D eigenvalue weighted by atomic mass is 16.5. The fraction of sp³-hybridized carbons (Fsp3) is 0.389. The van der Waals surface area contributed by atoms with E-state index in [0.29, 0.717) is 13.2 Å². The van der Waals surface area contributed by atoms with Gasteiger partial charge in [0.15, 0.2) is 6.04 Å². The van der Waals surface area contributed by atoms with Crippen molar-refractivity contribution >= 4 is 22.8 Å². The standard InChI is InChI=1S/C18H20N2O4/c1-11-13-5-3-4-6-15(13)19-12(2)14(11)9-17(21)20-7-8-24-10-16(20)18(22)23/h3-6,16H,7-10H2,1-2H3,(H,22,23). The Labute approximate surface area is 140 Å². The molecule has 0 saturated carbocycles. The number of carbonyl (C=O) groups is 2. The van der Waals surface area contributed by atoms with Gasteiger partial charge in [0, 0.05) is 17.6 Å². The number of aryl methyl sites for hydroxylation is 2. The molecule has 1 aliphatic heterocycles. The Bertz CT molecular complexity index is 803. The lowest BCUT2D eigenvalue weighted by Crippen LogP contribution is -2.53. The van der Waals surface area contributed by atoms with Gasteiger partial charge >= 0.3 is 5.97 Å². The van der Waals surface area contributed by atoms with Gasteiger partial charge in [0.05, 0.1) is 25.2 Å². The van der Waals surface area contributed by atoms with E-state index in [1.165, 1.54) is 4.90 Å². The first-order chi connectivity index (χ1) is 11.5. The number of benzene rings is 1. The quantitative estimate of drug-likeness (QED) is 0.928. The van der Waals surface area contributed by atoms with Gasteiger partial charge in [-0.2, -0.15) is 0 Å². The van der Waals surface area contributed by atoms with E-state index in [-0.39, 0.29) is 18.9 Å². The minimum atomic E-state index is -1.03. The topological polar surface area (TPSA) is 79.7 Å². The summed E-state index contributed by atoms with van der Waals surface area (Å²) in [6.07, 6.45) is 0.152. The smallest absolute Gasteiger partial charge is 0.328 e. The SMILES string of the molecule is Cc1nc2ccccc2c(C)c1CC(=O)N1CCOCC1C(=O)O. The average Bonchev–Trinajstić information content (AvgIpc) is 2.58. The summed E-state index contributed by atoms with van der Waals surface area (Å²) in [7, 11) is 0. The summed E-state index contributed by atoms with van der Waals surface area (Å²) in [6.45, 7) is 4.57. The highest BCUT2D eigenvalue weighted by Gasteiger charge is 2.33. The predicted octanol–water partition coefficient (Wildman–Crippen LogP) is 1.71. The second kappa shape index (κ2) is 6.57. The Morgan fingerprint density at radius 2 is 2.08 bits per heavy atom. The monoisotopic (exact) mass is 328 g/mol. The molecule has 1 atom stereocenters. The first kappa shape index (κ1) is 16.4. The van der Waals surface area contributed by atoms with E-state index in [1.807, 2.05) is 38.1 Å². The lowest BCUT2D eigenvalue weighted by atomic mass is 9.98. The summed E-state index contributed by atoms with van der Waals surface area (Å²) in [6, 6.07) is 6.90. The number of carboxylic acids is 1. The molecule has 1 unspecified atom stereocenters. The van der Waals surface area contributed by atoms with E-state index in [1.54, 1.807) is 0 Å². The van der Waals surface area contributed by atoms with Crippen LogP contribution in [0.25, 0.3) is 10.9 Å². The molecule has 1 amide bonds. The van der Waals surface area contributed by atoms with Gasteiger partial charge in [-0.1, -0.05) is 18.2 Å². The molecule has 24 heavy (non-hydrogen) atoms. The molecule has 2 aromatic rings. The zero-order valence-corrected chi connectivity index (χ0v) is 13.8. The number of ether oxygens (including phenoxy) is 1. The predicted molar refractivity (Wildman–Crippen MR) is 88.9 cm³/mol. The maximum absolute atomic E-state index is 12.7. The first-order valence-electron chi connectivity index (χ1n) is 7.94. The second-order valence-corrected chi connectivity index (χ2v) is 6.01. The number of aliphatic carboxylic acids is 1. The van der Waals surface area contributed by atoms with Crippen molar-refractivity contribution in [2.45, 2.75) is 26.3 Å². The van der Waals surface area contributed by atoms with Crippen molar-refractivity contribution in [3.05, 3.63) is 41.1 Å². The zero-order chi connectivity index (χ0) is 17.3. The number of morpholine rings is 1. The molecule has 0 radical (unpaired) electrons. The molecule has 6 nitrogen and oxygen atoms in total. The Kier molecular flexibility index (Phi) is 4.49. The number of carbonyl (C=O) groups excluding carboxylic acids is 1. The summed E-state index contributed by atoms with van der Waals surface area (Å²) in [5.41, 5.74) is 3.60. The van der Waals surface area contributed by atoms with Crippen molar-refractivity contribution in [3.63, 3.8) is 0 Å². The van der Waals surface area contributed by atoms with Crippen LogP contribution in [0.1, 0.15) is 16.8 Å². The third kappa shape index (κ3) is 2.97. The van der Waals surface area contributed by atoms with Crippen LogP contribution < -0.4 is 0 Å². The van der Waals surface area contributed by atoms with E-state index in [4.69, 9.17) is 4.74 Å². The summed E-state index contributed by atoms with van der Waals surface area (Å²) in [5.74, 6) is -1.23. The molecule has 1 fully saturated rings. The van der Waals surface area contributed by atoms with E-state index in [2.05, 4.69) is 4.98 Å². The van der Waals surface area contributed by atoms with Crippen LogP contribution in [0.15, 0.2) is 24.3 Å². The molecule has 1 aromatic carbocycles. The summed E-state index contributed by atoms with van der Waals surface area (Å²) < 4.78 is 5.19.